The maximum Gasteiger partial charge on any atom is 0.306 e. The van der Waals surface area contributed by atoms with Gasteiger partial charge in [0, 0.05) is 23.2 Å². The van der Waals surface area contributed by atoms with E-state index in [1.54, 1.807) is 12.2 Å². The summed E-state index contributed by atoms with van der Waals surface area (Å²) in [7, 11) is 0. The van der Waals surface area contributed by atoms with Crippen molar-refractivity contribution in [3.8, 4) is 0 Å². The molecule has 0 bridgehead atoms. The Morgan fingerprint density at radius 2 is 1.97 bits per heavy atom. The molecule has 4 aliphatic rings. The first kappa shape index (κ1) is 24.3. The Kier molecular flexibility index (Phi) is 6.47. The predicted molar refractivity (Wildman–Crippen MR) is 123 cm³/mol. The third kappa shape index (κ3) is 3.83. The van der Waals surface area contributed by atoms with Crippen LogP contribution in [0.1, 0.15) is 78.6 Å². The van der Waals surface area contributed by atoms with E-state index in [1.165, 1.54) is 0 Å². The number of carbonyl (C=O) groups is 3. The Labute approximate surface area is 196 Å². The Hall–Kier alpha value is -1.79. The van der Waals surface area contributed by atoms with Crippen molar-refractivity contribution in [2.24, 2.45) is 28.6 Å². The molecule has 0 heterocycles. The molecule has 3 saturated carbocycles. The molecule has 0 radical (unpaired) electrons. The SMILES string of the molecule is CCCCCC(=O)OCC(=O)C1(O)CCC2C3CCC4=CC(=O)C=CC4(C)C3C(O)CC21C. The second-order valence-electron chi connectivity index (χ2n) is 11.2. The van der Waals surface area contributed by atoms with Crippen molar-refractivity contribution in [3.63, 3.8) is 0 Å². The molecule has 6 heteroatoms. The third-order valence-corrected chi connectivity index (χ3v) is 9.46. The maximum atomic E-state index is 13.2. The lowest BCUT2D eigenvalue weighted by Gasteiger charge is -2.59. The van der Waals surface area contributed by atoms with E-state index in [-0.39, 0.29) is 35.4 Å². The molecule has 0 aromatic heterocycles. The molecule has 2 N–H and O–H groups in total. The minimum Gasteiger partial charge on any atom is -0.458 e. The molecule has 0 aromatic carbocycles. The van der Waals surface area contributed by atoms with Crippen LogP contribution in [0.2, 0.25) is 0 Å². The molecule has 4 rings (SSSR count). The van der Waals surface area contributed by atoms with Crippen LogP contribution < -0.4 is 0 Å². The van der Waals surface area contributed by atoms with Gasteiger partial charge >= 0.3 is 5.97 Å². The number of Topliss-reactive ketones (excluding diaryl/α,β-unsaturated/α-hetero) is 1. The van der Waals surface area contributed by atoms with E-state index in [0.29, 0.717) is 19.3 Å². The summed E-state index contributed by atoms with van der Waals surface area (Å²) in [4.78, 5) is 37.1. The molecule has 0 amide bonds. The van der Waals surface area contributed by atoms with Gasteiger partial charge in [0.1, 0.15) is 5.60 Å². The van der Waals surface area contributed by atoms with Crippen LogP contribution >= 0.6 is 0 Å². The number of aliphatic hydroxyl groups excluding tert-OH is 1. The number of allylic oxidation sites excluding steroid dienone is 4. The smallest absolute Gasteiger partial charge is 0.306 e. The molecule has 0 aliphatic heterocycles. The Balaban J connectivity index is 1.52. The van der Waals surface area contributed by atoms with Gasteiger partial charge in [-0.2, -0.15) is 0 Å². The average molecular weight is 459 g/mol. The number of hydrogen-bond acceptors (Lipinski definition) is 6. The molecule has 6 nitrogen and oxygen atoms in total. The number of fused-ring (bicyclic) bond motifs is 5. The van der Waals surface area contributed by atoms with Gasteiger partial charge < -0.3 is 14.9 Å². The second kappa shape index (κ2) is 8.77. The fraction of sp³-hybridized carbons (Fsp3) is 0.741. The van der Waals surface area contributed by atoms with Crippen molar-refractivity contribution in [1.82, 2.24) is 0 Å². The topological polar surface area (TPSA) is 101 Å². The highest BCUT2D eigenvalue weighted by molar-refractivity contribution is 6.01. The lowest BCUT2D eigenvalue weighted by molar-refractivity contribution is -0.181. The standard InChI is InChI=1S/C27H38O6/c1-4-5-6-7-23(31)33-16-22(30)27(32)13-11-20-19-9-8-17-14-18(28)10-12-25(17,2)24(19)21(29)15-26(20,27)3/h10,12,14,19-21,24,29,32H,4-9,11,13,15-16H2,1-3H3. The fourth-order valence-electron chi connectivity index (χ4n) is 7.65. The Morgan fingerprint density at radius 3 is 2.70 bits per heavy atom. The summed E-state index contributed by atoms with van der Waals surface area (Å²) in [6, 6.07) is 0. The van der Waals surface area contributed by atoms with Gasteiger partial charge in [-0.1, -0.05) is 45.3 Å². The van der Waals surface area contributed by atoms with E-state index in [1.807, 2.05) is 13.0 Å². The summed E-state index contributed by atoms with van der Waals surface area (Å²) in [6.45, 7) is 5.68. The molecule has 0 aromatic rings. The normalized spacial score (nSPS) is 41.6. The van der Waals surface area contributed by atoms with E-state index in [2.05, 4.69) is 13.8 Å². The third-order valence-electron chi connectivity index (χ3n) is 9.46. The van der Waals surface area contributed by atoms with Crippen LogP contribution in [0.4, 0.5) is 0 Å². The largest absolute Gasteiger partial charge is 0.458 e. The first-order valence-corrected chi connectivity index (χ1v) is 12.6. The van der Waals surface area contributed by atoms with Gasteiger partial charge in [-0.25, -0.2) is 0 Å². The van der Waals surface area contributed by atoms with E-state index >= 15 is 0 Å². The van der Waals surface area contributed by atoms with Crippen LogP contribution in [-0.2, 0) is 19.1 Å². The van der Waals surface area contributed by atoms with Crippen LogP contribution in [0.5, 0.6) is 0 Å². The Bertz CT molecular complexity index is 889. The maximum absolute atomic E-state index is 13.2. The quantitative estimate of drug-likeness (QED) is 0.446. The van der Waals surface area contributed by atoms with Crippen LogP contribution in [0.15, 0.2) is 23.8 Å². The summed E-state index contributed by atoms with van der Waals surface area (Å²) in [5.74, 6) is -0.661. The number of rotatable bonds is 7. The fourth-order valence-corrected chi connectivity index (χ4v) is 7.65. The summed E-state index contributed by atoms with van der Waals surface area (Å²) in [6.07, 6.45) is 10.5. The van der Waals surface area contributed by atoms with Crippen molar-refractivity contribution >= 4 is 17.5 Å². The molecule has 0 saturated heterocycles. The number of esters is 1. The molecule has 7 unspecified atom stereocenters. The van der Waals surface area contributed by atoms with Gasteiger partial charge in [0.2, 0.25) is 5.78 Å². The van der Waals surface area contributed by atoms with E-state index in [9.17, 15) is 24.6 Å². The molecule has 0 spiro atoms. The number of unbranched alkanes of at least 4 members (excludes halogenated alkanes) is 2. The van der Waals surface area contributed by atoms with Gasteiger partial charge in [-0.3, -0.25) is 14.4 Å². The highest BCUT2D eigenvalue weighted by Crippen LogP contribution is 2.67. The van der Waals surface area contributed by atoms with Crippen LogP contribution in [0.3, 0.4) is 0 Å². The van der Waals surface area contributed by atoms with Gasteiger partial charge in [0.25, 0.3) is 0 Å². The summed E-state index contributed by atoms with van der Waals surface area (Å²) < 4.78 is 5.22. The van der Waals surface area contributed by atoms with Crippen molar-refractivity contribution in [1.29, 1.82) is 0 Å². The summed E-state index contributed by atoms with van der Waals surface area (Å²) in [5.41, 5.74) is -1.68. The highest BCUT2D eigenvalue weighted by atomic mass is 16.5. The Morgan fingerprint density at radius 1 is 1.21 bits per heavy atom. The number of carbonyl (C=O) groups excluding carboxylic acids is 3. The molecule has 33 heavy (non-hydrogen) atoms. The minimum atomic E-state index is -1.61. The number of aliphatic hydroxyl groups is 2. The second-order valence-corrected chi connectivity index (χ2v) is 11.2. The molecular formula is C27H38O6. The van der Waals surface area contributed by atoms with Gasteiger partial charge in [-0.15, -0.1) is 0 Å². The van der Waals surface area contributed by atoms with E-state index < -0.39 is 35.5 Å². The highest BCUT2D eigenvalue weighted by Gasteiger charge is 2.68. The zero-order chi connectivity index (χ0) is 24.0. The minimum absolute atomic E-state index is 0.00106. The molecule has 3 fully saturated rings. The van der Waals surface area contributed by atoms with E-state index in [4.69, 9.17) is 4.74 Å². The van der Waals surface area contributed by atoms with Crippen molar-refractivity contribution in [2.45, 2.75) is 90.3 Å². The molecule has 7 atom stereocenters. The number of hydrogen-bond donors (Lipinski definition) is 2. The predicted octanol–water partition coefficient (Wildman–Crippen LogP) is 3.69. The van der Waals surface area contributed by atoms with Crippen LogP contribution in [0.25, 0.3) is 0 Å². The van der Waals surface area contributed by atoms with Crippen molar-refractivity contribution in [3.05, 3.63) is 23.8 Å². The van der Waals surface area contributed by atoms with Crippen molar-refractivity contribution < 1.29 is 29.3 Å². The lowest BCUT2D eigenvalue weighted by atomic mass is 9.46. The van der Waals surface area contributed by atoms with Gasteiger partial charge in [-0.05, 0) is 62.5 Å². The van der Waals surface area contributed by atoms with E-state index in [0.717, 1.165) is 37.7 Å². The number of ketones is 2. The zero-order valence-corrected chi connectivity index (χ0v) is 20.1. The monoisotopic (exact) mass is 458 g/mol. The first-order chi connectivity index (χ1) is 15.6. The molecular weight excluding hydrogens is 420 g/mol. The summed E-state index contributed by atoms with van der Waals surface area (Å²) in [5, 5.41) is 23.0. The molecule has 182 valence electrons. The van der Waals surface area contributed by atoms with Crippen molar-refractivity contribution in [2.75, 3.05) is 6.61 Å². The van der Waals surface area contributed by atoms with Gasteiger partial charge in [0.15, 0.2) is 12.4 Å². The zero-order valence-electron chi connectivity index (χ0n) is 20.1. The van der Waals surface area contributed by atoms with Crippen LogP contribution in [-0.4, -0.2) is 46.1 Å². The lowest BCUT2D eigenvalue weighted by Crippen LogP contribution is -2.61. The molecule has 4 aliphatic carbocycles. The number of ether oxygens (including phenoxy) is 1. The van der Waals surface area contributed by atoms with Crippen LogP contribution in [0, 0.1) is 28.6 Å². The first-order valence-electron chi connectivity index (χ1n) is 12.6. The average Bonchev–Trinajstić information content (AvgIpc) is 3.03. The summed E-state index contributed by atoms with van der Waals surface area (Å²) >= 11 is 0. The van der Waals surface area contributed by atoms with Gasteiger partial charge in [0.05, 0.1) is 6.10 Å².